The third kappa shape index (κ3) is 4.68. The molecule has 1 saturated heterocycles. The number of likely N-dealkylation sites (tertiary alicyclic amines) is 1. The topological polar surface area (TPSA) is 88.3 Å². The maximum absolute atomic E-state index is 12.4. The van der Waals surface area contributed by atoms with Gasteiger partial charge < -0.3 is 14.6 Å². The smallest absolute Gasteiger partial charge is 0.241 e. The summed E-state index contributed by atoms with van der Waals surface area (Å²) in [6, 6.07) is 9.58. The molecular weight excluding hydrogens is 332 g/mol. The van der Waals surface area contributed by atoms with Gasteiger partial charge in [-0.25, -0.2) is 0 Å². The standard InChI is InChI=1S/C19H24N4O3/c1-14-21-22-19(26-14)16(15-8-4-2-5-9-15)12-17(24)20-13-18(25)23-10-6-3-7-11-23/h2,4-5,8-9,16H,3,6-7,10-13H2,1H3,(H,20,24). The zero-order chi connectivity index (χ0) is 18.4. The van der Waals surface area contributed by atoms with Crippen molar-refractivity contribution in [3.63, 3.8) is 0 Å². The van der Waals surface area contributed by atoms with Crippen LogP contribution in [0.25, 0.3) is 0 Å². The number of rotatable bonds is 6. The Morgan fingerprint density at radius 1 is 1.15 bits per heavy atom. The Hall–Kier alpha value is -2.70. The molecule has 0 saturated carbocycles. The molecule has 0 aliphatic carbocycles. The van der Waals surface area contributed by atoms with Crippen LogP contribution in [0.15, 0.2) is 34.7 Å². The van der Waals surface area contributed by atoms with Gasteiger partial charge in [0, 0.05) is 26.4 Å². The molecule has 26 heavy (non-hydrogen) atoms. The summed E-state index contributed by atoms with van der Waals surface area (Å²) in [5.74, 6) is 0.304. The minimum Gasteiger partial charge on any atom is -0.425 e. The Morgan fingerprint density at radius 3 is 2.54 bits per heavy atom. The van der Waals surface area contributed by atoms with Gasteiger partial charge in [-0.1, -0.05) is 30.3 Å². The molecule has 0 spiro atoms. The average molecular weight is 356 g/mol. The number of piperidine rings is 1. The van der Waals surface area contributed by atoms with E-state index in [-0.39, 0.29) is 30.7 Å². The van der Waals surface area contributed by atoms with Crippen molar-refractivity contribution in [2.45, 2.75) is 38.5 Å². The summed E-state index contributed by atoms with van der Waals surface area (Å²) in [6.07, 6.45) is 3.38. The minimum atomic E-state index is -0.331. The van der Waals surface area contributed by atoms with Gasteiger partial charge in [0.05, 0.1) is 12.5 Å². The van der Waals surface area contributed by atoms with E-state index in [4.69, 9.17) is 4.42 Å². The first-order valence-corrected chi connectivity index (χ1v) is 9.03. The normalized spacial score (nSPS) is 15.5. The minimum absolute atomic E-state index is 0.0251. The second-order valence-corrected chi connectivity index (χ2v) is 6.54. The third-order valence-corrected chi connectivity index (χ3v) is 4.58. The highest BCUT2D eigenvalue weighted by atomic mass is 16.4. The molecule has 0 bridgehead atoms. The average Bonchev–Trinajstić information content (AvgIpc) is 3.11. The van der Waals surface area contributed by atoms with E-state index in [1.165, 1.54) is 6.42 Å². The van der Waals surface area contributed by atoms with E-state index < -0.39 is 0 Å². The summed E-state index contributed by atoms with van der Waals surface area (Å²) in [7, 11) is 0. The van der Waals surface area contributed by atoms with E-state index in [0.29, 0.717) is 11.8 Å². The summed E-state index contributed by atoms with van der Waals surface area (Å²) in [5.41, 5.74) is 0.925. The first kappa shape index (κ1) is 18.1. The van der Waals surface area contributed by atoms with Crippen LogP contribution in [0.3, 0.4) is 0 Å². The summed E-state index contributed by atoms with van der Waals surface area (Å²) in [4.78, 5) is 26.4. The summed E-state index contributed by atoms with van der Waals surface area (Å²) < 4.78 is 5.54. The Balaban J connectivity index is 1.61. The van der Waals surface area contributed by atoms with Gasteiger partial charge >= 0.3 is 0 Å². The number of nitrogens with zero attached hydrogens (tertiary/aromatic N) is 3. The van der Waals surface area contributed by atoms with Crippen molar-refractivity contribution in [3.8, 4) is 0 Å². The molecule has 7 heteroatoms. The van der Waals surface area contributed by atoms with Crippen molar-refractivity contribution in [1.82, 2.24) is 20.4 Å². The van der Waals surface area contributed by atoms with E-state index in [0.717, 1.165) is 31.5 Å². The Kier molecular flexibility index (Phi) is 5.99. The second kappa shape index (κ2) is 8.60. The van der Waals surface area contributed by atoms with Gasteiger partial charge in [0.1, 0.15) is 0 Å². The quantitative estimate of drug-likeness (QED) is 0.855. The number of hydrogen-bond donors (Lipinski definition) is 1. The Labute approximate surface area is 152 Å². The van der Waals surface area contributed by atoms with Crippen molar-refractivity contribution >= 4 is 11.8 Å². The molecule has 2 heterocycles. The number of aryl methyl sites for hydroxylation is 1. The molecule has 1 aliphatic heterocycles. The lowest BCUT2D eigenvalue weighted by Gasteiger charge is -2.26. The largest absolute Gasteiger partial charge is 0.425 e. The molecular formula is C19H24N4O3. The fourth-order valence-electron chi connectivity index (χ4n) is 3.17. The predicted molar refractivity (Wildman–Crippen MR) is 95.4 cm³/mol. The monoisotopic (exact) mass is 356 g/mol. The zero-order valence-corrected chi connectivity index (χ0v) is 15.0. The van der Waals surface area contributed by atoms with Crippen LogP contribution < -0.4 is 5.32 Å². The molecule has 1 unspecified atom stereocenters. The predicted octanol–water partition coefficient (Wildman–Crippen LogP) is 2.03. The van der Waals surface area contributed by atoms with Crippen LogP contribution in [0, 0.1) is 6.92 Å². The lowest BCUT2D eigenvalue weighted by molar-refractivity contribution is -0.133. The Morgan fingerprint density at radius 2 is 1.88 bits per heavy atom. The van der Waals surface area contributed by atoms with Gasteiger partial charge in [-0.05, 0) is 24.8 Å². The molecule has 7 nitrogen and oxygen atoms in total. The van der Waals surface area contributed by atoms with E-state index in [1.54, 1.807) is 6.92 Å². The van der Waals surface area contributed by atoms with Crippen LogP contribution in [0.2, 0.25) is 0 Å². The summed E-state index contributed by atoms with van der Waals surface area (Å²) in [5, 5.41) is 10.7. The van der Waals surface area contributed by atoms with E-state index in [2.05, 4.69) is 15.5 Å². The lowest BCUT2D eigenvalue weighted by Crippen LogP contribution is -2.42. The van der Waals surface area contributed by atoms with Crippen molar-refractivity contribution < 1.29 is 14.0 Å². The van der Waals surface area contributed by atoms with Crippen LogP contribution in [0.5, 0.6) is 0 Å². The molecule has 138 valence electrons. The van der Waals surface area contributed by atoms with Gasteiger partial charge in [0.25, 0.3) is 0 Å². The molecule has 1 fully saturated rings. The van der Waals surface area contributed by atoms with Crippen LogP contribution >= 0.6 is 0 Å². The molecule has 1 atom stereocenters. The second-order valence-electron chi connectivity index (χ2n) is 6.54. The first-order chi connectivity index (χ1) is 12.6. The fraction of sp³-hybridized carbons (Fsp3) is 0.474. The van der Waals surface area contributed by atoms with E-state index >= 15 is 0 Å². The molecule has 2 aromatic rings. The lowest BCUT2D eigenvalue weighted by atomic mass is 9.95. The number of aromatic nitrogens is 2. The van der Waals surface area contributed by atoms with Gasteiger partial charge in [-0.2, -0.15) is 0 Å². The van der Waals surface area contributed by atoms with E-state index in [1.807, 2.05) is 35.2 Å². The zero-order valence-electron chi connectivity index (χ0n) is 15.0. The SMILES string of the molecule is Cc1nnc(C(CC(=O)NCC(=O)N2CCCCC2)c2ccccc2)o1. The van der Waals surface area contributed by atoms with Gasteiger partial charge in [-0.15, -0.1) is 10.2 Å². The first-order valence-electron chi connectivity index (χ1n) is 9.03. The number of carbonyl (C=O) groups excluding carboxylic acids is 2. The number of amides is 2. The van der Waals surface area contributed by atoms with E-state index in [9.17, 15) is 9.59 Å². The molecule has 3 rings (SSSR count). The van der Waals surface area contributed by atoms with Crippen LogP contribution in [0.4, 0.5) is 0 Å². The van der Waals surface area contributed by atoms with Crippen molar-refractivity contribution in [2.24, 2.45) is 0 Å². The maximum atomic E-state index is 12.4. The molecule has 1 aromatic carbocycles. The highest BCUT2D eigenvalue weighted by Crippen LogP contribution is 2.26. The van der Waals surface area contributed by atoms with Crippen molar-refractivity contribution in [3.05, 3.63) is 47.7 Å². The third-order valence-electron chi connectivity index (χ3n) is 4.58. The van der Waals surface area contributed by atoms with Crippen LogP contribution in [0.1, 0.15) is 48.9 Å². The molecule has 2 amide bonds. The molecule has 1 N–H and O–H groups in total. The van der Waals surface area contributed by atoms with Gasteiger partial charge in [0.2, 0.25) is 23.6 Å². The van der Waals surface area contributed by atoms with Gasteiger partial charge in [-0.3, -0.25) is 9.59 Å². The number of hydrogen-bond acceptors (Lipinski definition) is 5. The fourth-order valence-corrected chi connectivity index (χ4v) is 3.17. The molecule has 0 radical (unpaired) electrons. The highest BCUT2D eigenvalue weighted by Gasteiger charge is 2.24. The highest BCUT2D eigenvalue weighted by molar-refractivity contribution is 5.85. The van der Waals surface area contributed by atoms with Gasteiger partial charge in [0.15, 0.2) is 0 Å². The maximum Gasteiger partial charge on any atom is 0.241 e. The number of nitrogens with one attached hydrogen (secondary N) is 1. The number of carbonyl (C=O) groups is 2. The van der Waals surface area contributed by atoms with Crippen molar-refractivity contribution in [2.75, 3.05) is 19.6 Å². The van der Waals surface area contributed by atoms with Crippen LogP contribution in [-0.2, 0) is 9.59 Å². The van der Waals surface area contributed by atoms with Crippen molar-refractivity contribution in [1.29, 1.82) is 0 Å². The molecule has 1 aliphatic rings. The summed E-state index contributed by atoms with van der Waals surface area (Å²) >= 11 is 0. The Bertz CT molecular complexity index is 738. The summed E-state index contributed by atoms with van der Waals surface area (Å²) in [6.45, 7) is 3.31. The number of benzene rings is 1. The van der Waals surface area contributed by atoms with Crippen LogP contribution in [-0.4, -0.2) is 46.5 Å². The molecule has 1 aromatic heterocycles.